The van der Waals surface area contributed by atoms with Gasteiger partial charge in [-0.25, -0.2) is 0 Å². The van der Waals surface area contributed by atoms with Crippen LogP contribution in [0.5, 0.6) is 0 Å². The van der Waals surface area contributed by atoms with Crippen LogP contribution in [-0.4, -0.2) is 31.6 Å². The summed E-state index contributed by atoms with van der Waals surface area (Å²) in [5.74, 6) is -1.10. The molecule has 0 aromatic carbocycles. The summed E-state index contributed by atoms with van der Waals surface area (Å²) in [6.45, 7) is 3.20. The van der Waals surface area contributed by atoms with Gasteiger partial charge in [-0.1, -0.05) is 36.5 Å². The van der Waals surface area contributed by atoms with Crippen molar-refractivity contribution in [2.24, 2.45) is 0 Å². The van der Waals surface area contributed by atoms with Crippen molar-refractivity contribution in [3.8, 4) is 0 Å². The maximum absolute atomic E-state index is 11.1. The molecule has 0 heterocycles. The normalized spacial score (nSPS) is 9.82. The molecule has 0 radical (unpaired) electrons. The molecule has 0 aliphatic heterocycles. The third-order valence-electron chi connectivity index (χ3n) is 1.72. The Bertz CT molecular complexity index is 273. The fourth-order valence-corrected chi connectivity index (χ4v) is 1.17. The van der Waals surface area contributed by atoms with E-state index in [-0.39, 0.29) is 17.5 Å². The van der Waals surface area contributed by atoms with E-state index in [0.29, 0.717) is 13.2 Å². The summed E-state index contributed by atoms with van der Waals surface area (Å²) in [6, 6.07) is 0. The molecule has 0 saturated carbocycles. The maximum atomic E-state index is 11.1. The molecule has 0 rings (SSSR count). The van der Waals surface area contributed by atoms with Crippen LogP contribution in [0.1, 0.15) is 26.2 Å². The molecule has 17 heavy (non-hydrogen) atoms. The van der Waals surface area contributed by atoms with Gasteiger partial charge in [0.1, 0.15) is 17.5 Å². The number of ether oxygens (including phenoxy) is 2. The Morgan fingerprint density at radius 3 is 2.47 bits per heavy atom. The summed E-state index contributed by atoms with van der Waals surface area (Å²) in [5.41, 5.74) is 0. The monoisotopic (exact) mass is 282 g/mol. The first-order valence-electron chi connectivity index (χ1n) is 5.35. The topological polar surface area (TPSA) is 52.6 Å². The van der Waals surface area contributed by atoms with E-state index in [4.69, 9.17) is 32.7 Å². The predicted octanol–water partition coefficient (Wildman–Crippen LogP) is 2.62. The molecule has 0 atom stereocenters. The zero-order chi connectivity index (χ0) is 13.1. The van der Waals surface area contributed by atoms with Crippen molar-refractivity contribution in [1.29, 1.82) is 0 Å². The molecule has 0 aliphatic carbocycles. The summed E-state index contributed by atoms with van der Waals surface area (Å²) >= 11 is 10.5. The highest BCUT2D eigenvalue weighted by Crippen LogP contribution is 2.06. The van der Waals surface area contributed by atoms with Crippen LogP contribution in [0.2, 0.25) is 0 Å². The second-order valence-corrected chi connectivity index (χ2v) is 4.27. The minimum absolute atomic E-state index is 0.147. The highest BCUT2D eigenvalue weighted by Gasteiger charge is 2.08. The van der Waals surface area contributed by atoms with Gasteiger partial charge >= 0.3 is 5.97 Å². The maximum Gasteiger partial charge on any atom is 0.313 e. The lowest BCUT2D eigenvalue weighted by Gasteiger charge is -2.04. The van der Waals surface area contributed by atoms with Crippen molar-refractivity contribution in [3.05, 3.63) is 10.6 Å². The van der Waals surface area contributed by atoms with Crippen LogP contribution in [0.25, 0.3) is 0 Å². The van der Waals surface area contributed by atoms with Crippen LogP contribution in [0.3, 0.4) is 0 Å². The SMILES string of the molecule is CCCCOCCOC(=O)CC(=O)C=C(Cl)Cl. The average Bonchev–Trinajstić information content (AvgIpc) is 2.21. The van der Waals surface area contributed by atoms with Crippen molar-refractivity contribution in [2.45, 2.75) is 26.2 Å². The van der Waals surface area contributed by atoms with Gasteiger partial charge in [-0.2, -0.15) is 0 Å². The first-order chi connectivity index (χ1) is 8.06. The molecule has 0 fully saturated rings. The summed E-state index contributed by atoms with van der Waals surface area (Å²) in [7, 11) is 0. The molecule has 0 spiro atoms. The third kappa shape index (κ3) is 11.7. The van der Waals surface area contributed by atoms with E-state index in [1.54, 1.807) is 0 Å². The number of halogens is 2. The number of rotatable bonds is 9. The largest absolute Gasteiger partial charge is 0.463 e. The molecule has 0 aliphatic rings. The van der Waals surface area contributed by atoms with E-state index in [1.165, 1.54) is 0 Å². The first-order valence-corrected chi connectivity index (χ1v) is 6.10. The lowest BCUT2D eigenvalue weighted by molar-refractivity contribution is -0.146. The lowest BCUT2D eigenvalue weighted by atomic mass is 10.3. The van der Waals surface area contributed by atoms with Gasteiger partial charge in [0.05, 0.1) is 6.61 Å². The van der Waals surface area contributed by atoms with Crippen LogP contribution < -0.4 is 0 Å². The van der Waals surface area contributed by atoms with Gasteiger partial charge in [0.2, 0.25) is 0 Å². The quantitative estimate of drug-likeness (QED) is 0.282. The second-order valence-electron chi connectivity index (χ2n) is 3.26. The van der Waals surface area contributed by atoms with Crippen molar-refractivity contribution in [1.82, 2.24) is 0 Å². The average molecular weight is 283 g/mol. The van der Waals surface area contributed by atoms with Crippen molar-refractivity contribution >= 4 is 35.0 Å². The Kier molecular flexibility index (Phi) is 10.2. The zero-order valence-electron chi connectivity index (χ0n) is 9.71. The summed E-state index contributed by atoms with van der Waals surface area (Å²) in [4.78, 5) is 22.2. The summed E-state index contributed by atoms with van der Waals surface area (Å²) in [5, 5.41) is 0. The molecular formula is C11H16Cl2O4. The standard InChI is InChI=1S/C11H16Cl2O4/c1-2-3-4-16-5-6-17-11(15)8-9(14)7-10(12)13/h7H,2-6,8H2,1H3. The smallest absolute Gasteiger partial charge is 0.313 e. The number of carbonyl (C=O) groups excluding carboxylic acids is 2. The Balaban J connectivity index is 3.53. The Hall–Kier alpha value is -0.580. The second kappa shape index (κ2) is 10.6. The number of hydrogen-bond donors (Lipinski definition) is 0. The number of hydrogen-bond acceptors (Lipinski definition) is 4. The first kappa shape index (κ1) is 16.4. The molecule has 6 heteroatoms. The van der Waals surface area contributed by atoms with Crippen LogP contribution in [-0.2, 0) is 19.1 Å². The fraction of sp³-hybridized carbons (Fsp3) is 0.636. The van der Waals surface area contributed by atoms with Crippen LogP contribution in [0, 0.1) is 0 Å². The molecular weight excluding hydrogens is 267 g/mol. The number of ketones is 1. The molecule has 0 N–H and O–H groups in total. The Morgan fingerprint density at radius 1 is 1.18 bits per heavy atom. The highest BCUT2D eigenvalue weighted by molar-refractivity contribution is 6.56. The number of unbranched alkanes of at least 4 members (excludes halogenated alkanes) is 1. The fourth-order valence-electron chi connectivity index (χ4n) is 0.929. The van der Waals surface area contributed by atoms with Crippen LogP contribution in [0.15, 0.2) is 10.6 Å². The molecule has 98 valence electrons. The van der Waals surface area contributed by atoms with Crippen LogP contribution >= 0.6 is 23.2 Å². The molecule has 0 unspecified atom stereocenters. The lowest BCUT2D eigenvalue weighted by Crippen LogP contribution is -2.13. The number of carbonyl (C=O) groups is 2. The molecule has 4 nitrogen and oxygen atoms in total. The van der Waals surface area contributed by atoms with E-state index in [9.17, 15) is 9.59 Å². The minimum atomic E-state index is -0.611. The van der Waals surface area contributed by atoms with E-state index >= 15 is 0 Å². The highest BCUT2D eigenvalue weighted by atomic mass is 35.5. The van der Waals surface area contributed by atoms with Crippen LogP contribution in [0.4, 0.5) is 0 Å². The van der Waals surface area contributed by atoms with E-state index in [2.05, 4.69) is 6.92 Å². The Labute approximate surface area is 111 Å². The molecule has 0 bridgehead atoms. The van der Waals surface area contributed by atoms with Gasteiger partial charge in [0.25, 0.3) is 0 Å². The summed E-state index contributed by atoms with van der Waals surface area (Å²) in [6.07, 6.45) is 2.64. The van der Waals surface area contributed by atoms with Crippen molar-refractivity contribution in [3.63, 3.8) is 0 Å². The van der Waals surface area contributed by atoms with Gasteiger partial charge < -0.3 is 9.47 Å². The van der Waals surface area contributed by atoms with Crippen molar-refractivity contribution < 1.29 is 19.1 Å². The number of esters is 1. The van der Waals surface area contributed by atoms with Gasteiger partial charge in [-0.05, 0) is 6.42 Å². The van der Waals surface area contributed by atoms with E-state index in [0.717, 1.165) is 18.9 Å². The van der Waals surface area contributed by atoms with Gasteiger partial charge in [0.15, 0.2) is 5.78 Å². The minimum Gasteiger partial charge on any atom is -0.463 e. The zero-order valence-corrected chi connectivity index (χ0v) is 11.2. The van der Waals surface area contributed by atoms with Gasteiger partial charge in [-0.15, -0.1) is 0 Å². The van der Waals surface area contributed by atoms with Crippen molar-refractivity contribution in [2.75, 3.05) is 19.8 Å². The molecule has 0 aromatic rings. The molecule has 0 amide bonds. The van der Waals surface area contributed by atoms with E-state index in [1.807, 2.05) is 0 Å². The number of allylic oxidation sites excluding steroid dienone is 1. The molecule has 0 saturated heterocycles. The summed E-state index contributed by atoms with van der Waals surface area (Å²) < 4.78 is 9.78. The Morgan fingerprint density at radius 2 is 1.88 bits per heavy atom. The molecule has 0 aromatic heterocycles. The van der Waals surface area contributed by atoms with Gasteiger partial charge in [-0.3, -0.25) is 9.59 Å². The van der Waals surface area contributed by atoms with E-state index < -0.39 is 11.8 Å². The predicted molar refractivity (Wildman–Crippen MR) is 66.1 cm³/mol. The van der Waals surface area contributed by atoms with Gasteiger partial charge in [0, 0.05) is 12.7 Å². The third-order valence-corrected chi connectivity index (χ3v) is 1.94.